The third kappa shape index (κ3) is 2.15. The molecule has 1 rings (SSSR count). The lowest BCUT2D eigenvalue weighted by Gasteiger charge is -2.01. The molecule has 0 aliphatic carbocycles. The van der Waals surface area contributed by atoms with Crippen LogP contribution in [-0.2, 0) is 0 Å². The van der Waals surface area contributed by atoms with Crippen molar-refractivity contribution in [1.29, 1.82) is 0 Å². The summed E-state index contributed by atoms with van der Waals surface area (Å²) >= 11 is 12.8. The minimum Gasteiger partial charge on any atom is -0.275 e. The summed E-state index contributed by atoms with van der Waals surface area (Å²) in [7, 11) is 0. The zero-order chi connectivity index (χ0) is 10.9. The molecule has 0 radical (unpaired) electrons. The van der Waals surface area contributed by atoms with Crippen molar-refractivity contribution in [3.8, 4) is 0 Å². The molecule has 74 valence electrons. The number of carbonyl (C=O) groups is 1. The second-order valence-electron chi connectivity index (χ2n) is 2.29. The van der Waals surface area contributed by atoms with Crippen LogP contribution in [0.1, 0.15) is 10.4 Å². The molecule has 0 saturated heterocycles. The van der Waals surface area contributed by atoms with Crippen LogP contribution in [0.2, 0.25) is 5.02 Å². The average molecular weight is 346 g/mol. The van der Waals surface area contributed by atoms with E-state index < -0.39 is 10.2 Å². The van der Waals surface area contributed by atoms with Crippen LogP contribution < -0.4 is 0 Å². The van der Waals surface area contributed by atoms with Crippen LogP contribution in [0.25, 0.3) is 0 Å². The molecular weight excluding hydrogens is 344 g/mol. The van der Waals surface area contributed by atoms with Crippen LogP contribution in [0.15, 0.2) is 12.1 Å². The first kappa shape index (κ1) is 11.7. The summed E-state index contributed by atoms with van der Waals surface area (Å²) in [5.41, 5.74) is -0.638. The van der Waals surface area contributed by atoms with Gasteiger partial charge in [0.05, 0.1) is 9.95 Å². The highest BCUT2D eigenvalue weighted by atomic mass is 127. The standard InChI is InChI=1S/C7H2Cl2INO3/c8-6-3(10)1-2-4(11(13)14)5(6)7(9)12/h1-2H. The average Bonchev–Trinajstić information content (AvgIpc) is 2.08. The fraction of sp³-hybridized carbons (Fsp3) is 0. The summed E-state index contributed by atoms with van der Waals surface area (Å²) in [5.74, 6) is 0. The van der Waals surface area contributed by atoms with E-state index in [4.69, 9.17) is 23.2 Å². The van der Waals surface area contributed by atoms with E-state index in [9.17, 15) is 14.9 Å². The van der Waals surface area contributed by atoms with E-state index in [0.717, 1.165) is 0 Å². The monoisotopic (exact) mass is 345 g/mol. The van der Waals surface area contributed by atoms with Crippen molar-refractivity contribution in [3.05, 3.63) is 36.4 Å². The Hall–Kier alpha value is -0.400. The molecule has 0 unspecified atom stereocenters. The highest BCUT2D eigenvalue weighted by Crippen LogP contribution is 2.31. The van der Waals surface area contributed by atoms with Gasteiger partial charge in [0.1, 0.15) is 5.56 Å². The molecule has 0 saturated carbocycles. The third-order valence-corrected chi connectivity index (χ3v) is 3.27. The van der Waals surface area contributed by atoms with Crippen molar-refractivity contribution >= 4 is 56.7 Å². The van der Waals surface area contributed by atoms with E-state index in [2.05, 4.69) is 0 Å². The number of nitro benzene ring substituents is 1. The summed E-state index contributed by atoms with van der Waals surface area (Å²) in [6.45, 7) is 0. The molecule has 0 heterocycles. The van der Waals surface area contributed by atoms with Crippen molar-refractivity contribution in [3.63, 3.8) is 0 Å². The molecule has 0 amide bonds. The molecule has 0 aliphatic heterocycles. The van der Waals surface area contributed by atoms with Crippen LogP contribution in [0, 0.1) is 13.7 Å². The molecule has 14 heavy (non-hydrogen) atoms. The van der Waals surface area contributed by atoms with E-state index in [1.807, 2.05) is 22.6 Å². The maximum absolute atomic E-state index is 10.9. The molecule has 4 nitrogen and oxygen atoms in total. The highest BCUT2D eigenvalue weighted by Gasteiger charge is 2.23. The number of hydrogen-bond acceptors (Lipinski definition) is 3. The zero-order valence-corrected chi connectivity index (χ0v) is 10.1. The Morgan fingerprint density at radius 2 is 2.07 bits per heavy atom. The SMILES string of the molecule is O=C(Cl)c1c([N+](=O)[O-])ccc(I)c1Cl. The maximum Gasteiger partial charge on any atom is 0.283 e. The number of benzene rings is 1. The fourth-order valence-corrected chi connectivity index (χ4v) is 1.81. The molecule has 0 aliphatic rings. The lowest BCUT2D eigenvalue weighted by atomic mass is 10.2. The van der Waals surface area contributed by atoms with E-state index in [-0.39, 0.29) is 16.3 Å². The van der Waals surface area contributed by atoms with Crippen LogP contribution in [0.3, 0.4) is 0 Å². The smallest absolute Gasteiger partial charge is 0.275 e. The van der Waals surface area contributed by atoms with E-state index >= 15 is 0 Å². The predicted octanol–water partition coefficient (Wildman–Crippen LogP) is 3.23. The fourth-order valence-electron chi connectivity index (χ4n) is 0.880. The lowest BCUT2D eigenvalue weighted by molar-refractivity contribution is -0.385. The molecule has 0 spiro atoms. The predicted molar refractivity (Wildman–Crippen MR) is 61.0 cm³/mol. The number of nitro groups is 1. The molecule has 1 aromatic carbocycles. The van der Waals surface area contributed by atoms with Crippen molar-refractivity contribution in [1.82, 2.24) is 0 Å². The number of halogens is 3. The van der Waals surface area contributed by atoms with Gasteiger partial charge in [-0.15, -0.1) is 0 Å². The quantitative estimate of drug-likeness (QED) is 0.358. The van der Waals surface area contributed by atoms with E-state index in [1.54, 1.807) is 0 Å². The lowest BCUT2D eigenvalue weighted by Crippen LogP contribution is -2.00. The Morgan fingerprint density at radius 1 is 1.50 bits per heavy atom. The third-order valence-electron chi connectivity index (χ3n) is 1.47. The molecule has 0 fully saturated rings. The number of carbonyl (C=O) groups excluding carboxylic acids is 1. The Bertz CT molecular complexity index is 422. The van der Waals surface area contributed by atoms with Gasteiger partial charge in [-0.05, 0) is 40.3 Å². The molecule has 0 bridgehead atoms. The topological polar surface area (TPSA) is 60.2 Å². The first-order valence-corrected chi connectivity index (χ1v) is 5.11. The number of hydrogen-bond donors (Lipinski definition) is 0. The molecule has 1 aromatic rings. The molecular formula is C7H2Cl2INO3. The van der Waals surface area contributed by atoms with Gasteiger partial charge in [0.25, 0.3) is 10.9 Å². The molecule has 0 atom stereocenters. The molecule has 7 heteroatoms. The van der Waals surface area contributed by atoms with Gasteiger partial charge < -0.3 is 0 Å². The van der Waals surface area contributed by atoms with Gasteiger partial charge in [0, 0.05) is 9.64 Å². The van der Waals surface area contributed by atoms with Gasteiger partial charge in [-0.25, -0.2) is 0 Å². The Kier molecular flexibility index (Phi) is 3.68. The summed E-state index contributed by atoms with van der Waals surface area (Å²) in [5, 5.41) is 9.61. The van der Waals surface area contributed by atoms with Crippen LogP contribution >= 0.6 is 45.8 Å². The van der Waals surface area contributed by atoms with Gasteiger partial charge in [0.15, 0.2) is 0 Å². The first-order chi connectivity index (χ1) is 6.45. The number of rotatable bonds is 2. The van der Waals surface area contributed by atoms with Gasteiger partial charge in [-0.3, -0.25) is 14.9 Å². The van der Waals surface area contributed by atoms with Crippen LogP contribution in [-0.4, -0.2) is 10.2 Å². The summed E-state index contributed by atoms with van der Waals surface area (Å²) < 4.78 is 0.541. The minimum atomic E-state index is -0.930. The summed E-state index contributed by atoms with van der Waals surface area (Å²) in [6, 6.07) is 2.65. The van der Waals surface area contributed by atoms with Crippen molar-refractivity contribution < 1.29 is 9.72 Å². The first-order valence-electron chi connectivity index (χ1n) is 3.27. The van der Waals surface area contributed by atoms with Crippen LogP contribution in [0.5, 0.6) is 0 Å². The Balaban J connectivity index is 3.53. The van der Waals surface area contributed by atoms with Gasteiger partial charge in [-0.1, -0.05) is 11.6 Å². The molecule has 0 aromatic heterocycles. The zero-order valence-electron chi connectivity index (χ0n) is 6.46. The van der Waals surface area contributed by atoms with Crippen LogP contribution in [0.4, 0.5) is 5.69 Å². The van der Waals surface area contributed by atoms with Crippen molar-refractivity contribution in [2.45, 2.75) is 0 Å². The Labute approximate surface area is 102 Å². The van der Waals surface area contributed by atoms with Crippen molar-refractivity contribution in [2.75, 3.05) is 0 Å². The van der Waals surface area contributed by atoms with E-state index in [0.29, 0.717) is 3.57 Å². The van der Waals surface area contributed by atoms with Crippen molar-refractivity contribution in [2.24, 2.45) is 0 Å². The van der Waals surface area contributed by atoms with Gasteiger partial charge >= 0.3 is 0 Å². The normalized spacial score (nSPS) is 9.93. The number of nitrogens with zero attached hydrogens (tertiary/aromatic N) is 1. The molecule has 0 N–H and O–H groups in total. The summed E-state index contributed by atoms with van der Waals surface area (Å²) in [4.78, 5) is 20.7. The Morgan fingerprint density at radius 3 is 2.50 bits per heavy atom. The second kappa shape index (κ2) is 4.41. The highest BCUT2D eigenvalue weighted by molar-refractivity contribution is 14.1. The maximum atomic E-state index is 10.9. The van der Waals surface area contributed by atoms with Gasteiger partial charge in [-0.2, -0.15) is 0 Å². The van der Waals surface area contributed by atoms with Gasteiger partial charge in [0.2, 0.25) is 0 Å². The minimum absolute atomic E-state index is 0.0137. The second-order valence-corrected chi connectivity index (χ2v) is 4.17. The van der Waals surface area contributed by atoms with E-state index in [1.165, 1.54) is 12.1 Å². The summed E-state index contributed by atoms with van der Waals surface area (Å²) in [6.07, 6.45) is 0. The largest absolute Gasteiger partial charge is 0.283 e.